The Balaban J connectivity index is 1.43. The smallest absolute Gasteiger partial charge is 0.191 e. The van der Waals surface area contributed by atoms with Crippen LogP contribution >= 0.6 is 11.3 Å². The van der Waals surface area contributed by atoms with Crippen LogP contribution in [0.25, 0.3) is 0 Å². The predicted octanol–water partition coefficient (Wildman–Crippen LogP) is 3.74. The number of guanidine groups is 1. The minimum absolute atomic E-state index is 0.484. The zero-order chi connectivity index (χ0) is 16.9. The third-order valence-corrected chi connectivity index (χ3v) is 5.34. The van der Waals surface area contributed by atoms with Crippen molar-refractivity contribution in [2.24, 2.45) is 10.9 Å². The molecule has 0 saturated heterocycles. The lowest BCUT2D eigenvalue weighted by molar-refractivity contribution is 0.717. The van der Waals surface area contributed by atoms with Crippen molar-refractivity contribution in [3.63, 3.8) is 0 Å². The fourth-order valence-corrected chi connectivity index (χ4v) is 3.76. The molecule has 0 aliphatic heterocycles. The van der Waals surface area contributed by atoms with Crippen molar-refractivity contribution in [1.29, 1.82) is 0 Å². The molecule has 2 atom stereocenters. The van der Waals surface area contributed by atoms with Gasteiger partial charge in [-0.05, 0) is 29.7 Å². The Hall–Kier alpha value is -1.88. The van der Waals surface area contributed by atoms with Crippen molar-refractivity contribution in [1.82, 2.24) is 15.6 Å². The van der Waals surface area contributed by atoms with E-state index in [1.807, 2.05) is 7.05 Å². The average molecular weight is 343 g/mol. The van der Waals surface area contributed by atoms with Gasteiger partial charge in [0.2, 0.25) is 0 Å². The normalized spacial score (nSPS) is 20.2. The zero-order valence-corrected chi connectivity index (χ0v) is 15.4. The highest BCUT2D eigenvalue weighted by Crippen LogP contribution is 2.46. The van der Waals surface area contributed by atoms with Crippen LogP contribution in [-0.4, -0.2) is 24.5 Å². The molecule has 0 radical (unpaired) electrons. The summed E-state index contributed by atoms with van der Waals surface area (Å²) in [6.45, 7) is 6.04. The fraction of sp³-hybridized carbons (Fsp3) is 0.474. The van der Waals surface area contributed by atoms with Crippen LogP contribution in [-0.2, 0) is 6.54 Å². The molecule has 0 amide bonds. The number of hydrogen-bond acceptors (Lipinski definition) is 3. The second-order valence-corrected chi connectivity index (χ2v) is 7.58. The molecule has 5 heteroatoms. The maximum Gasteiger partial charge on any atom is 0.191 e. The molecular weight excluding hydrogens is 316 g/mol. The quantitative estimate of drug-likeness (QED) is 0.621. The standard InChI is InChI=1S/C19H26N4S/c1-13(2)17-12-24-18(23-17)11-22-19(20-3)21-10-15-9-16(15)14-7-5-4-6-8-14/h4-8,12-13,15-16H,9-11H2,1-3H3,(H2,20,21,22). The van der Waals surface area contributed by atoms with Crippen LogP contribution < -0.4 is 10.6 Å². The Morgan fingerprint density at radius 2 is 2.08 bits per heavy atom. The number of thiazole rings is 1. The molecule has 0 spiro atoms. The molecule has 2 aromatic rings. The van der Waals surface area contributed by atoms with Crippen molar-refractivity contribution in [2.45, 2.75) is 38.6 Å². The molecule has 0 bridgehead atoms. The van der Waals surface area contributed by atoms with Crippen LogP contribution in [0.3, 0.4) is 0 Å². The maximum absolute atomic E-state index is 4.65. The SMILES string of the molecule is CN=C(NCc1nc(C(C)C)cs1)NCC1CC1c1ccccc1. The molecule has 1 aromatic heterocycles. The van der Waals surface area contributed by atoms with E-state index >= 15 is 0 Å². The third kappa shape index (κ3) is 4.35. The topological polar surface area (TPSA) is 49.3 Å². The summed E-state index contributed by atoms with van der Waals surface area (Å²) in [5, 5.41) is 10.1. The van der Waals surface area contributed by atoms with E-state index in [-0.39, 0.29) is 0 Å². The highest BCUT2D eigenvalue weighted by Gasteiger charge is 2.37. The minimum Gasteiger partial charge on any atom is -0.356 e. The van der Waals surface area contributed by atoms with Crippen LogP contribution in [0.1, 0.15) is 48.4 Å². The van der Waals surface area contributed by atoms with Crippen molar-refractivity contribution in [2.75, 3.05) is 13.6 Å². The van der Waals surface area contributed by atoms with Gasteiger partial charge in [-0.2, -0.15) is 0 Å². The lowest BCUT2D eigenvalue weighted by atomic mass is 10.1. The molecule has 1 aliphatic rings. The molecule has 3 rings (SSSR count). The number of hydrogen-bond donors (Lipinski definition) is 2. The summed E-state index contributed by atoms with van der Waals surface area (Å²) in [6.07, 6.45) is 1.26. The Kier molecular flexibility index (Phi) is 5.51. The van der Waals surface area contributed by atoms with Gasteiger partial charge >= 0.3 is 0 Å². The van der Waals surface area contributed by atoms with E-state index in [0.717, 1.165) is 24.1 Å². The van der Waals surface area contributed by atoms with Gasteiger partial charge in [-0.25, -0.2) is 4.98 Å². The van der Waals surface area contributed by atoms with Gasteiger partial charge in [-0.15, -0.1) is 11.3 Å². The Morgan fingerprint density at radius 1 is 1.29 bits per heavy atom. The summed E-state index contributed by atoms with van der Waals surface area (Å²) >= 11 is 1.71. The van der Waals surface area contributed by atoms with Gasteiger partial charge in [0.25, 0.3) is 0 Å². The largest absolute Gasteiger partial charge is 0.356 e. The molecule has 24 heavy (non-hydrogen) atoms. The van der Waals surface area contributed by atoms with E-state index in [4.69, 9.17) is 0 Å². The Bertz CT molecular complexity index is 678. The van der Waals surface area contributed by atoms with Gasteiger partial charge in [-0.1, -0.05) is 44.2 Å². The van der Waals surface area contributed by atoms with E-state index in [1.54, 1.807) is 11.3 Å². The monoisotopic (exact) mass is 342 g/mol. The first-order chi connectivity index (χ1) is 11.7. The summed E-state index contributed by atoms with van der Waals surface area (Å²) in [5.41, 5.74) is 2.62. The predicted molar refractivity (Wildman–Crippen MR) is 102 cm³/mol. The summed E-state index contributed by atoms with van der Waals surface area (Å²) in [4.78, 5) is 8.96. The summed E-state index contributed by atoms with van der Waals surface area (Å²) in [7, 11) is 1.82. The molecular formula is C19H26N4S. The minimum atomic E-state index is 0.484. The van der Waals surface area contributed by atoms with E-state index in [1.165, 1.54) is 17.7 Å². The van der Waals surface area contributed by atoms with Crippen LogP contribution in [0.15, 0.2) is 40.7 Å². The number of aliphatic imine (C=N–C) groups is 1. The Labute approximate surface area is 148 Å². The molecule has 4 nitrogen and oxygen atoms in total. The average Bonchev–Trinajstić information content (AvgIpc) is 3.22. The lowest BCUT2D eigenvalue weighted by Crippen LogP contribution is -2.38. The molecule has 1 fully saturated rings. The molecule has 1 saturated carbocycles. The highest BCUT2D eigenvalue weighted by molar-refractivity contribution is 7.09. The van der Waals surface area contributed by atoms with Crippen LogP contribution in [0, 0.1) is 5.92 Å². The Morgan fingerprint density at radius 3 is 2.75 bits per heavy atom. The van der Waals surface area contributed by atoms with Crippen molar-refractivity contribution < 1.29 is 0 Å². The molecule has 1 aromatic carbocycles. The zero-order valence-electron chi connectivity index (χ0n) is 14.6. The summed E-state index contributed by atoms with van der Waals surface area (Å²) in [6, 6.07) is 10.8. The third-order valence-electron chi connectivity index (χ3n) is 4.47. The van der Waals surface area contributed by atoms with Gasteiger partial charge < -0.3 is 10.6 Å². The van der Waals surface area contributed by atoms with E-state index < -0.39 is 0 Å². The first kappa shape index (κ1) is 17.0. The number of aromatic nitrogens is 1. The molecule has 2 unspecified atom stereocenters. The number of nitrogens with one attached hydrogen (secondary N) is 2. The lowest BCUT2D eigenvalue weighted by Gasteiger charge is -2.10. The molecule has 1 heterocycles. The molecule has 2 N–H and O–H groups in total. The van der Waals surface area contributed by atoms with E-state index in [2.05, 4.69) is 70.2 Å². The first-order valence-electron chi connectivity index (χ1n) is 8.61. The van der Waals surface area contributed by atoms with Gasteiger partial charge in [0.1, 0.15) is 5.01 Å². The fourth-order valence-electron chi connectivity index (χ4n) is 2.86. The summed E-state index contributed by atoms with van der Waals surface area (Å²) in [5.74, 6) is 2.75. The maximum atomic E-state index is 4.65. The van der Waals surface area contributed by atoms with Crippen LogP contribution in [0.5, 0.6) is 0 Å². The summed E-state index contributed by atoms with van der Waals surface area (Å²) < 4.78 is 0. The molecule has 1 aliphatic carbocycles. The van der Waals surface area contributed by atoms with Gasteiger partial charge in [0.05, 0.1) is 12.2 Å². The van der Waals surface area contributed by atoms with Gasteiger partial charge in [0.15, 0.2) is 5.96 Å². The number of nitrogens with zero attached hydrogens (tertiary/aromatic N) is 2. The van der Waals surface area contributed by atoms with Gasteiger partial charge in [-0.3, -0.25) is 4.99 Å². The second kappa shape index (κ2) is 7.79. The first-order valence-corrected chi connectivity index (χ1v) is 9.49. The number of benzene rings is 1. The van der Waals surface area contributed by atoms with Crippen LogP contribution in [0.4, 0.5) is 0 Å². The van der Waals surface area contributed by atoms with Crippen molar-refractivity contribution in [3.8, 4) is 0 Å². The van der Waals surface area contributed by atoms with Crippen LogP contribution in [0.2, 0.25) is 0 Å². The van der Waals surface area contributed by atoms with Gasteiger partial charge in [0, 0.05) is 19.0 Å². The van der Waals surface area contributed by atoms with E-state index in [0.29, 0.717) is 17.8 Å². The second-order valence-electron chi connectivity index (χ2n) is 6.64. The van der Waals surface area contributed by atoms with Crippen molar-refractivity contribution >= 4 is 17.3 Å². The number of rotatable bonds is 6. The van der Waals surface area contributed by atoms with Crippen molar-refractivity contribution in [3.05, 3.63) is 52.0 Å². The highest BCUT2D eigenvalue weighted by atomic mass is 32.1. The molecule has 128 valence electrons. The van der Waals surface area contributed by atoms with E-state index in [9.17, 15) is 0 Å².